The van der Waals surface area contributed by atoms with Gasteiger partial charge in [0.2, 0.25) is 0 Å². The fourth-order valence-corrected chi connectivity index (χ4v) is 2.85. The van der Waals surface area contributed by atoms with Gasteiger partial charge in [0.05, 0.1) is 12.2 Å². The van der Waals surface area contributed by atoms with Gasteiger partial charge in [-0.1, -0.05) is 28.8 Å². The molecule has 2 aromatic rings. The molecule has 0 unspecified atom stereocenters. The van der Waals surface area contributed by atoms with Crippen molar-refractivity contribution in [3.63, 3.8) is 0 Å². The SMILES string of the molecule is O=C(Nc1cnns1)N[C@H]1CCCc2ccccc21. The van der Waals surface area contributed by atoms with Crippen LogP contribution in [0, 0.1) is 0 Å². The van der Waals surface area contributed by atoms with Gasteiger partial charge >= 0.3 is 6.03 Å². The molecule has 5 nitrogen and oxygen atoms in total. The van der Waals surface area contributed by atoms with Crippen LogP contribution in [0.2, 0.25) is 0 Å². The van der Waals surface area contributed by atoms with Crippen LogP contribution in [-0.4, -0.2) is 15.6 Å². The molecule has 98 valence electrons. The Bertz CT molecular complexity index is 570. The van der Waals surface area contributed by atoms with Crippen molar-refractivity contribution in [2.75, 3.05) is 5.32 Å². The van der Waals surface area contributed by atoms with Crippen molar-refractivity contribution in [3.05, 3.63) is 41.6 Å². The van der Waals surface area contributed by atoms with E-state index >= 15 is 0 Å². The number of nitrogens with zero attached hydrogens (tertiary/aromatic N) is 2. The highest BCUT2D eigenvalue weighted by atomic mass is 32.1. The summed E-state index contributed by atoms with van der Waals surface area (Å²) in [5, 5.41) is 10.1. The summed E-state index contributed by atoms with van der Waals surface area (Å²) in [5.74, 6) is 0. The molecule has 0 radical (unpaired) electrons. The number of fused-ring (bicyclic) bond motifs is 1. The molecule has 2 N–H and O–H groups in total. The van der Waals surface area contributed by atoms with Gasteiger partial charge < -0.3 is 5.32 Å². The second kappa shape index (κ2) is 5.36. The second-order valence-electron chi connectivity index (χ2n) is 4.52. The van der Waals surface area contributed by atoms with E-state index in [9.17, 15) is 4.79 Å². The van der Waals surface area contributed by atoms with E-state index in [4.69, 9.17) is 0 Å². The summed E-state index contributed by atoms with van der Waals surface area (Å²) in [6, 6.07) is 8.18. The Balaban J connectivity index is 1.69. The van der Waals surface area contributed by atoms with E-state index in [0.29, 0.717) is 5.00 Å². The maximum absolute atomic E-state index is 11.9. The Kier molecular flexibility index (Phi) is 3.41. The minimum atomic E-state index is -0.201. The fourth-order valence-electron chi connectivity index (χ4n) is 2.43. The van der Waals surface area contributed by atoms with Crippen molar-refractivity contribution in [2.45, 2.75) is 25.3 Å². The summed E-state index contributed by atoms with van der Waals surface area (Å²) in [6.07, 6.45) is 4.71. The lowest BCUT2D eigenvalue weighted by molar-refractivity contribution is 0.247. The number of hydrogen-bond donors (Lipinski definition) is 2. The molecule has 3 rings (SSSR count). The zero-order chi connectivity index (χ0) is 13.1. The molecule has 1 aliphatic rings. The van der Waals surface area contributed by atoms with E-state index in [1.807, 2.05) is 12.1 Å². The largest absolute Gasteiger partial charge is 0.331 e. The van der Waals surface area contributed by atoms with Gasteiger partial charge in [0, 0.05) is 11.5 Å². The molecule has 1 aromatic carbocycles. The lowest BCUT2D eigenvalue weighted by atomic mass is 9.88. The third-order valence-corrected chi connectivity index (χ3v) is 3.85. The standard InChI is InChI=1S/C13H14N4OS/c18-13(16-12-8-14-17-19-12)15-11-7-3-5-9-4-1-2-6-10(9)11/h1-2,4,6,8,11H,3,5,7H2,(H2,15,16,18)/t11-/m0/s1. The highest BCUT2D eigenvalue weighted by Gasteiger charge is 2.21. The monoisotopic (exact) mass is 274 g/mol. The van der Waals surface area contributed by atoms with E-state index in [1.165, 1.54) is 22.7 Å². The number of amides is 2. The second-order valence-corrected chi connectivity index (χ2v) is 5.31. The Morgan fingerprint density at radius 3 is 3.11 bits per heavy atom. The van der Waals surface area contributed by atoms with Crippen LogP contribution in [0.4, 0.5) is 9.80 Å². The summed E-state index contributed by atoms with van der Waals surface area (Å²) in [7, 11) is 0. The number of carbonyl (C=O) groups excluding carboxylic acids is 1. The third-order valence-electron chi connectivity index (χ3n) is 3.27. The van der Waals surface area contributed by atoms with Crippen molar-refractivity contribution in [3.8, 4) is 0 Å². The van der Waals surface area contributed by atoms with Gasteiger partial charge in [-0.15, -0.1) is 5.10 Å². The van der Waals surface area contributed by atoms with E-state index in [1.54, 1.807) is 6.20 Å². The highest BCUT2D eigenvalue weighted by Crippen LogP contribution is 2.29. The lowest BCUT2D eigenvalue weighted by Gasteiger charge is -2.26. The van der Waals surface area contributed by atoms with Gasteiger partial charge in [-0.05, 0) is 30.4 Å². The Morgan fingerprint density at radius 2 is 2.26 bits per heavy atom. The van der Waals surface area contributed by atoms with Crippen molar-refractivity contribution < 1.29 is 4.79 Å². The summed E-state index contributed by atoms with van der Waals surface area (Å²) >= 11 is 1.17. The molecule has 0 saturated heterocycles. The van der Waals surface area contributed by atoms with Crippen LogP contribution < -0.4 is 10.6 Å². The number of anilines is 1. The molecule has 2 amide bonds. The number of nitrogens with one attached hydrogen (secondary N) is 2. The molecule has 0 aliphatic heterocycles. The van der Waals surface area contributed by atoms with Crippen molar-refractivity contribution in [1.82, 2.24) is 14.9 Å². The number of aromatic nitrogens is 2. The fraction of sp³-hybridized carbons (Fsp3) is 0.308. The first-order valence-electron chi connectivity index (χ1n) is 6.25. The van der Waals surface area contributed by atoms with Crippen LogP contribution in [0.3, 0.4) is 0 Å². The third kappa shape index (κ3) is 2.73. The summed E-state index contributed by atoms with van der Waals surface area (Å²) in [4.78, 5) is 11.9. The number of hydrogen-bond acceptors (Lipinski definition) is 4. The van der Waals surface area contributed by atoms with Gasteiger partial charge in [0.1, 0.15) is 5.00 Å². The molecule has 0 spiro atoms. The molecule has 6 heteroatoms. The molecule has 1 heterocycles. The molecule has 1 aromatic heterocycles. The average Bonchev–Trinajstić information content (AvgIpc) is 2.92. The maximum atomic E-state index is 11.9. The molecule has 0 fully saturated rings. The zero-order valence-corrected chi connectivity index (χ0v) is 11.1. The topological polar surface area (TPSA) is 66.9 Å². The lowest BCUT2D eigenvalue weighted by Crippen LogP contribution is -2.34. The van der Waals surface area contributed by atoms with Gasteiger partial charge in [0.25, 0.3) is 0 Å². The predicted molar refractivity (Wildman–Crippen MR) is 74.2 cm³/mol. The van der Waals surface area contributed by atoms with Crippen molar-refractivity contribution in [2.24, 2.45) is 0 Å². The van der Waals surface area contributed by atoms with E-state index < -0.39 is 0 Å². The quantitative estimate of drug-likeness (QED) is 0.885. The zero-order valence-electron chi connectivity index (χ0n) is 10.3. The molecule has 1 aliphatic carbocycles. The number of urea groups is 1. The first-order chi connectivity index (χ1) is 9.33. The van der Waals surface area contributed by atoms with Crippen LogP contribution in [0.1, 0.15) is 30.0 Å². The van der Waals surface area contributed by atoms with E-state index in [2.05, 4.69) is 32.4 Å². The molecular weight excluding hydrogens is 260 g/mol. The molecule has 0 saturated carbocycles. The predicted octanol–water partition coefficient (Wildman–Crippen LogP) is 2.74. The molecule has 1 atom stereocenters. The Labute approximate surface area is 115 Å². The highest BCUT2D eigenvalue weighted by molar-refractivity contribution is 7.10. The first-order valence-corrected chi connectivity index (χ1v) is 7.03. The van der Waals surface area contributed by atoms with Gasteiger partial charge in [-0.3, -0.25) is 5.32 Å². The Morgan fingerprint density at radius 1 is 1.37 bits per heavy atom. The summed E-state index contributed by atoms with van der Waals surface area (Å²) < 4.78 is 3.71. The number of benzene rings is 1. The van der Waals surface area contributed by atoms with Gasteiger partial charge in [0.15, 0.2) is 0 Å². The number of carbonyl (C=O) groups is 1. The summed E-state index contributed by atoms with van der Waals surface area (Å²) in [5.41, 5.74) is 2.56. The van der Waals surface area contributed by atoms with Crippen molar-refractivity contribution >= 4 is 22.6 Å². The van der Waals surface area contributed by atoms with Crippen molar-refractivity contribution in [1.29, 1.82) is 0 Å². The first kappa shape index (κ1) is 12.1. The van der Waals surface area contributed by atoms with Gasteiger partial charge in [-0.25, -0.2) is 4.79 Å². The van der Waals surface area contributed by atoms with E-state index in [0.717, 1.165) is 19.3 Å². The maximum Gasteiger partial charge on any atom is 0.320 e. The van der Waals surface area contributed by atoms with Gasteiger partial charge in [-0.2, -0.15) is 0 Å². The Hall–Kier alpha value is -1.95. The van der Waals surface area contributed by atoms with E-state index in [-0.39, 0.29) is 12.1 Å². The molecule has 19 heavy (non-hydrogen) atoms. The normalized spacial score (nSPS) is 17.6. The van der Waals surface area contributed by atoms with Crippen LogP contribution in [0.5, 0.6) is 0 Å². The molecular formula is C13H14N4OS. The van der Waals surface area contributed by atoms with Crippen LogP contribution in [-0.2, 0) is 6.42 Å². The average molecular weight is 274 g/mol. The molecule has 0 bridgehead atoms. The minimum absolute atomic E-state index is 0.0887. The minimum Gasteiger partial charge on any atom is -0.331 e. The summed E-state index contributed by atoms with van der Waals surface area (Å²) in [6.45, 7) is 0. The van der Waals surface area contributed by atoms with Crippen LogP contribution in [0.25, 0.3) is 0 Å². The van der Waals surface area contributed by atoms with Crippen LogP contribution in [0.15, 0.2) is 30.5 Å². The number of aryl methyl sites for hydroxylation is 1. The number of rotatable bonds is 2. The van der Waals surface area contributed by atoms with Crippen LogP contribution >= 0.6 is 11.5 Å². The smallest absolute Gasteiger partial charge is 0.320 e.